The Morgan fingerprint density at radius 3 is 2.47 bits per heavy atom. The molecule has 1 aromatic carbocycles. The van der Waals surface area contributed by atoms with Gasteiger partial charge in [-0.2, -0.15) is 0 Å². The normalized spacial score (nSPS) is 11.6. The number of benzene rings is 1. The van der Waals surface area contributed by atoms with Gasteiger partial charge in [0.1, 0.15) is 0 Å². The largest absolute Gasteiger partial charge is 0.478 e. The van der Waals surface area contributed by atoms with E-state index in [1.807, 2.05) is 0 Å². The van der Waals surface area contributed by atoms with E-state index in [-0.39, 0.29) is 5.56 Å². The first kappa shape index (κ1) is 12.6. The van der Waals surface area contributed by atoms with E-state index in [2.05, 4.69) is 4.74 Å². The maximum absolute atomic E-state index is 10.9. The molecule has 0 saturated heterocycles. The molecule has 7 heteroatoms. The van der Waals surface area contributed by atoms with Gasteiger partial charge in [0.25, 0.3) is 5.69 Å². The summed E-state index contributed by atoms with van der Waals surface area (Å²) in [6, 6.07) is 5.21. The average molecular weight is 239 g/mol. The first-order valence-corrected chi connectivity index (χ1v) is 4.57. The van der Waals surface area contributed by atoms with Crippen LogP contribution in [0.1, 0.15) is 18.6 Å². The molecule has 0 unspecified atom stereocenters. The number of carbonyl (C=O) groups excluding carboxylic acids is 1. The van der Waals surface area contributed by atoms with Crippen molar-refractivity contribution in [2.45, 2.75) is 13.0 Å². The van der Waals surface area contributed by atoms with Crippen molar-refractivity contribution < 1.29 is 24.4 Å². The molecule has 0 radical (unpaired) electrons. The fraction of sp³-hybridized carbons (Fsp3) is 0.200. The quantitative estimate of drug-likeness (QED) is 0.481. The second-order valence-electron chi connectivity index (χ2n) is 3.14. The van der Waals surface area contributed by atoms with Gasteiger partial charge < -0.3 is 9.84 Å². The summed E-state index contributed by atoms with van der Waals surface area (Å²) in [6.07, 6.45) is -1.67. The van der Waals surface area contributed by atoms with Crippen LogP contribution in [0.2, 0.25) is 0 Å². The van der Waals surface area contributed by atoms with E-state index in [9.17, 15) is 19.7 Å². The average Bonchev–Trinajstić information content (AvgIpc) is 2.25. The highest BCUT2D eigenvalue weighted by atomic mass is 16.6. The number of rotatable bonds is 4. The lowest BCUT2D eigenvalue weighted by atomic mass is 10.1. The monoisotopic (exact) mass is 239 g/mol. The summed E-state index contributed by atoms with van der Waals surface area (Å²) in [7, 11) is 0. The smallest absolute Gasteiger partial charge is 0.350 e. The number of para-hydroxylation sites is 1. The topological polar surface area (TPSA) is 107 Å². The Labute approximate surface area is 95.8 Å². The predicted octanol–water partition coefficient (Wildman–Crippen LogP) is 1.28. The molecule has 0 amide bonds. The number of carbonyl (C=O) groups is 2. The van der Waals surface area contributed by atoms with Crippen molar-refractivity contribution in [2.75, 3.05) is 0 Å². The van der Waals surface area contributed by atoms with Crippen LogP contribution in [0.25, 0.3) is 0 Å². The minimum absolute atomic E-state index is 0.166. The number of nitro benzene ring substituents is 1. The van der Waals surface area contributed by atoms with Crippen molar-refractivity contribution in [1.82, 2.24) is 0 Å². The van der Waals surface area contributed by atoms with E-state index in [1.54, 1.807) is 0 Å². The summed E-state index contributed by atoms with van der Waals surface area (Å²) in [6.45, 7) is 1.03. The van der Waals surface area contributed by atoms with Crippen LogP contribution in [0, 0.1) is 10.1 Å². The van der Waals surface area contributed by atoms with Crippen molar-refractivity contribution >= 4 is 17.6 Å². The molecule has 17 heavy (non-hydrogen) atoms. The standard InChI is InChI=1S/C10H9NO6/c1-6(12)17-9(10(13)14)7-4-2-3-5-8(7)11(15)16/h2-5,9H,1H3,(H,13,14)/t9-/m1/s1. The SMILES string of the molecule is CC(=O)O[C@@H](C(=O)O)c1ccccc1[N+](=O)[O-]. The molecule has 0 fully saturated rings. The number of hydrogen-bond acceptors (Lipinski definition) is 5. The summed E-state index contributed by atoms with van der Waals surface area (Å²) in [5, 5.41) is 19.6. The maximum Gasteiger partial charge on any atom is 0.350 e. The zero-order chi connectivity index (χ0) is 13.0. The lowest BCUT2D eigenvalue weighted by Gasteiger charge is -2.12. The molecule has 1 aromatic rings. The zero-order valence-electron chi connectivity index (χ0n) is 8.82. The summed E-state index contributed by atoms with van der Waals surface area (Å²) >= 11 is 0. The molecule has 0 saturated carbocycles. The first-order chi connectivity index (χ1) is 7.93. The molecule has 0 aromatic heterocycles. The summed E-state index contributed by atoms with van der Waals surface area (Å²) in [5.74, 6) is -2.29. The predicted molar refractivity (Wildman–Crippen MR) is 55.2 cm³/mol. The number of hydrogen-bond donors (Lipinski definition) is 1. The zero-order valence-corrected chi connectivity index (χ0v) is 8.82. The maximum atomic E-state index is 10.9. The third-order valence-corrected chi connectivity index (χ3v) is 1.92. The van der Waals surface area contributed by atoms with Crippen molar-refractivity contribution in [3.05, 3.63) is 39.9 Å². The van der Waals surface area contributed by atoms with E-state index in [1.165, 1.54) is 18.2 Å². The van der Waals surface area contributed by atoms with Crippen molar-refractivity contribution in [2.24, 2.45) is 0 Å². The number of esters is 1. The molecule has 0 aliphatic rings. The number of carboxylic acids is 1. The fourth-order valence-electron chi connectivity index (χ4n) is 1.29. The third kappa shape index (κ3) is 3.00. The van der Waals surface area contributed by atoms with Gasteiger partial charge in [0.15, 0.2) is 0 Å². The Morgan fingerprint density at radius 2 is 2.00 bits per heavy atom. The van der Waals surface area contributed by atoms with Crippen LogP contribution < -0.4 is 0 Å². The van der Waals surface area contributed by atoms with E-state index in [0.29, 0.717) is 0 Å². The molecule has 0 bridgehead atoms. The second kappa shape index (κ2) is 5.06. The van der Waals surface area contributed by atoms with Gasteiger partial charge in [-0.05, 0) is 6.07 Å². The Hall–Kier alpha value is -2.44. The van der Waals surface area contributed by atoms with Gasteiger partial charge in [-0.25, -0.2) is 4.79 Å². The molecule has 0 heterocycles. The summed E-state index contributed by atoms with van der Waals surface area (Å²) in [4.78, 5) is 31.6. The third-order valence-electron chi connectivity index (χ3n) is 1.92. The molecule has 0 aliphatic carbocycles. The molecule has 0 spiro atoms. The molecular weight excluding hydrogens is 230 g/mol. The van der Waals surface area contributed by atoms with Crippen LogP contribution in [-0.2, 0) is 14.3 Å². The number of aliphatic carboxylic acids is 1. The minimum atomic E-state index is -1.67. The van der Waals surface area contributed by atoms with Crippen molar-refractivity contribution in [1.29, 1.82) is 0 Å². The Balaban J connectivity index is 3.22. The Morgan fingerprint density at radius 1 is 1.41 bits per heavy atom. The van der Waals surface area contributed by atoms with Gasteiger partial charge in [-0.1, -0.05) is 12.1 Å². The van der Waals surface area contributed by atoms with E-state index in [4.69, 9.17) is 5.11 Å². The van der Waals surface area contributed by atoms with Crippen LogP contribution in [0.5, 0.6) is 0 Å². The van der Waals surface area contributed by atoms with Gasteiger partial charge in [0.2, 0.25) is 6.10 Å². The lowest BCUT2D eigenvalue weighted by molar-refractivity contribution is -0.386. The summed E-state index contributed by atoms with van der Waals surface area (Å²) in [5.41, 5.74) is -0.568. The summed E-state index contributed by atoms with van der Waals surface area (Å²) < 4.78 is 4.55. The number of carboxylic acid groups (broad SMARTS) is 1. The number of ether oxygens (including phenoxy) is 1. The molecule has 1 atom stereocenters. The number of nitrogens with zero attached hydrogens (tertiary/aromatic N) is 1. The molecular formula is C10H9NO6. The van der Waals surface area contributed by atoms with Crippen molar-refractivity contribution in [3.8, 4) is 0 Å². The van der Waals surface area contributed by atoms with E-state index >= 15 is 0 Å². The van der Waals surface area contributed by atoms with Gasteiger partial charge >= 0.3 is 11.9 Å². The molecule has 0 aliphatic heterocycles. The highest BCUT2D eigenvalue weighted by molar-refractivity contribution is 5.79. The van der Waals surface area contributed by atoms with Crippen molar-refractivity contribution in [3.63, 3.8) is 0 Å². The van der Waals surface area contributed by atoms with Crippen LogP contribution in [0.3, 0.4) is 0 Å². The van der Waals surface area contributed by atoms with E-state index in [0.717, 1.165) is 13.0 Å². The molecule has 7 nitrogen and oxygen atoms in total. The lowest BCUT2D eigenvalue weighted by Crippen LogP contribution is -2.19. The first-order valence-electron chi connectivity index (χ1n) is 4.57. The Kier molecular flexibility index (Phi) is 3.76. The number of nitro groups is 1. The van der Waals surface area contributed by atoms with E-state index < -0.39 is 28.7 Å². The van der Waals surface area contributed by atoms with Crippen LogP contribution in [0.15, 0.2) is 24.3 Å². The second-order valence-corrected chi connectivity index (χ2v) is 3.14. The van der Waals surface area contributed by atoms with Gasteiger partial charge in [-0.3, -0.25) is 14.9 Å². The Bertz CT molecular complexity index is 470. The highest BCUT2D eigenvalue weighted by Gasteiger charge is 2.29. The molecule has 90 valence electrons. The van der Waals surface area contributed by atoms with Gasteiger partial charge in [0.05, 0.1) is 10.5 Å². The highest BCUT2D eigenvalue weighted by Crippen LogP contribution is 2.27. The fourth-order valence-corrected chi connectivity index (χ4v) is 1.29. The van der Waals surface area contributed by atoms with Gasteiger partial charge in [-0.15, -0.1) is 0 Å². The van der Waals surface area contributed by atoms with Crippen LogP contribution in [-0.4, -0.2) is 22.0 Å². The minimum Gasteiger partial charge on any atom is -0.478 e. The van der Waals surface area contributed by atoms with Gasteiger partial charge in [0, 0.05) is 13.0 Å². The molecule has 1 rings (SSSR count). The molecule has 1 N–H and O–H groups in total. The van der Waals surface area contributed by atoms with Crippen LogP contribution >= 0.6 is 0 Å². The van der Waals surface area contributed by atoms with Crippen LogP contribution in [0.4, 0.5) is 5.69 Å².